The highest BCUT2D eigenvalue weighted by Crippen LogP contribution is 2.29. The third kappa shape index (κ3) is 6.83. The number of nitrogens with one attached hydrogen (secondary N) is 2. The van der Waals surface area contributed by atoms with E-state index in [0.29, 0.717) is 28.9 Å². The Morgan fingerprint density at radius 2 is 1.72 bits per heavy atom. The summed E-state index contributed by atoms with van der Waals surface area (Å²) in [6.45, 7) is 4.57. The number of unbranched alkanes of at least 4 members (excludes halogenated alkanes) is 3. The minimum atomic E-state index is -1.18. The third-order valence-corrected chi connectivity index (χ3v) is 5.18. The number of benzene rings is 1. The van der Waals surface area contributed by atoms with Gasteiger partial charge in [0.15, 0.2) is 6.61 Å². The highest BCUT2D eigenvalue weighted by atomic mass is 16.5. The normalized spacial score (nSPS) is 10.7. The summed E-state index contributed by atoms with van der Waals surface area (Å²) in [5, 5.41) is 13.8. The van der Waals surface area contributed by atoms with Crippen LogP contribution in [0.3, 0.4) is 0 Å². The van der Waals surface area contributed by atoms with Crippen LogP contribution < -0.4 is 21.0 Å². The quantitative estimate of drug-likeness (QED) is 0.336. The van der Waals surface area contributed by atoms with E-state index in [-0.39, 0.29) is 18.8 Å². The number of carboxylic acid groups (broad SMARTS) is 1. The summed E-state index contributed by atoms with van der Waals surface area (Å²) in [6.07, 6.45) is 4.96. The zero-order valence-corrected chi connectivity index (χ0v) is 18.7. The van der Waals surface area contributed by atoms with Gasteiger partial charge in [-0.05, 0) is 44.4 Å². The lowest BCUT2D eigenvalue weighted by molar-refractivity contribution is -0.137. The first kappa shape index (κ1) is 24.9. The fourth-order valence-corrected chi connectivity index (χ4v) is 3.35. The molecule has 0 saturated carbocycles. The molecule has 0 radical (unpaired) electrons. The molecule has 0 bridgehead atoms. The Bertz CT molecular complexity index is 1040. The van der Waals surface area contributed by atoms with Gasteiger partial charge in [-0.2, -0.15) is 0 Å². The van der Waals surface area contributed by atoms with Gasteiger partial charge in [-0.1, -0.05) is 26.2 Å². The fourth-order valence-electron chi connectivity index (χ4n) is 3.35. The maximum atomic E-state index is 12.5. The van der Waals surface area contributed by atoms with Crippen molar-refractivity contribution in [3.05, 3.63) is 39.2 Å². The summed E-state index contributed by atoms with van der Waals surface area (Å²) >= 11 is 0. The number of carbonyl (C=O) groups excluding carboxylic acids is 2. The predicted molar refractivity (Wildman–Crippen MR) is 119 cm³/mol. The molecule has 174 valence electrons. The monoisotopic (exact) mass is 446 g/mol. The Kier molecular flexibility index (Phi) is 9.24. The molecule has 0 aliphatic carbocycles. The van der Waals surface area contributed by atoms with E-state index >= 15 is 0 Å². The van der Waals surface area contributed by atoms with E-state index in [4.69, 9.17) is 14.3 Å². The number of rotatable bonds is 12. The van der Waals surface area contributed by atoms with E-state index in [0.717, 1.165) is 36.6 Å². The van der Waals surface area contributed by atoms with Gasteiger partial charge in [0.1, 0.15) is 17.9 Å². The van der Waals surface area contributed by atoms with E-state index < -0.39 is 24.3 Å². The molecule has 0 saturated heterocycles. The Morgan fingerprint density at radius 1 is 1.00 bits per heavy atom. The summed E-state index contributed by atoms with van der Waals surface area (Å²) < 4.78 is 11.1. The number of carbonyl (C=O) groups is 3. The van der Waals surface area contributed by atoms with Crippen molar-refractivity contribution in [2.24, 2.45) is 0 Å². The van der Waals surface area contributed by atoms with Crippen molar-refractivity contribution in [3.63, 3.8) is 0 Å². The first-order chi connectivity index (χ1) is 15.2. The molecule has 1 heterocycles. The minimum absolute atomic E-state index is 0.350. The molecule has 2 amide bonds. The second-order valence-corrected chi connectivity index (χ2v) is 7.60. The number of aliphatic carboxylic acids is 1. The van der Waals surface area contributed by atoms with Crippen LogP contribution in [0.4, 0.5) is 0 Å². The van der Waals surface area contributed by atoms with Gasteiger partial charge in [-0.25, -0.2) is 4.79 Å². The fraction of sp³-hybridized carbons (Fsp3) is 0.478. The molecule has 2 rings (SSSR count). The van der Waals surface area contributed by atoms with E-state index in [9.17, 15) is 19.2 Å². The number of hydrogen-bond acceptors (Lipinski definition) is 6. The molecule has 0 aliphatic heterocycles. The number of fused-ring (bicyclic) bond motifs is 1. The third-order valence-electron chi connectivity index (χ3n) is 5.18. The molecular formula is C23H30N2O7. The van der Waals surface area contributed by atoms with Gasteiger partial charge in [0.2, 0.25) is 5.91 Å². The Hall–Kier alpha value is -3.36. The standard InChI is InChI=1S/C23H30N2O7/c1-4-5-6-7-8-17-14(2)16-9-10-18(15(3)22(16)32-23(17)30)31-13-20(27)24-11-19(26)25-12-21(28)29/h9-10H,4-8,11-13H2,1-3H3,(H,24,27)(H,25,26)(H,28,29). The van der Waals surface area contributed by atoms with Crippen LogP contribution in [0.2, 0.25) is 0 Å². The molecule has 2 aromatic rings. The van der Waals surface area contributed by atoms with Crippen LogP contribution in [0.25, 0.3) is 11.0 Å². The lowest BCUT2D eigenvalue weighted by Gasteiger charge is -2.13. The largest absolute Gasteiger partial charge is 0.483 e. The molecule has 0 fully saturated rings. The first-order valence-corrected chi connectivity index (χ1v) is 10.7. The molecule has 0 atom stereocenters. The second kappa shape index (κ2) is 11.9. The lowest BCUT2D eigenvalue weighted by Crippen LogP contribution is -2.40. The summed E-state index contributed by atoms with van der Waals surface area (Å²) in [5.74, 6) is -1.95. The number of aryl methyl sites for hydroxylation is 2. The van der Waals surface area contributed by atoms with Crippen LogP contribution >= 0.6 is 0 Å². The molecule has 0 unspecified atom stereocenters. The predicted octanol–water partition coefficient (Wildman–Crippen LogP) is 2.23. The molecule has 1 aromatic heterocycles. The van der Waals surface area contributed by atoms with Crippen molar-refractivity contribution >= 4 is 28.8 Å². The maximum absolute atomic E-state index is 12.5. The Labute approximate surface area is 186 Å². The molecule has 9 heteroatoms. The summed E-state index contributed by atoms with van der Waals surface area (Å²) in [4.78, 5) is 46.3. The Balaban J connectivity index is 2.04. The van der Waals surface area contributed by atoms with Crippen LogP contribution in [0.1, 0.15) is 49.3 Å². The topological polar surface area (TPSA) is 135 Å². The van der Waals surface area contributed by atoms with E-state index in [1.54, 1.807) is 13.0 Å². The van der Waals surface area contributed by atoms with Crippen molar-refractivity contribution in [1.29, 1.82) is 0 Å². The smallest absolute Gasteiger partial charge is 0.339 e. The number of ether oxygens (including phenoxy) is 1. The van der Waals surface area contributed by atoms with Gasteiger partial charge < -0.3 is 24.9 Å². The van der Waals surface area contributed by atoms with Crippen molar-refractivity contribution in [3.8, 4) is 5.75 Å². The van der Waals surface area contributed by atoms with Gasteiger partial charge in [0.05, 0.1) is 6.54 Å². The van der Waals surface area contributed by atoms with Crippen LogP contribution in [0.5, 0.6) is 5.75 Å². The summed E-state index contributed by atoms with van der Waals surface area (Å²) in [6, 6.07) is 3.53. The summed E-state index contributed by atoms with van der Waals surface area (Å²) in [7, 11) is 0. The van der Waals surface area contributed by atoms with E-state index in [2.05, 4.69) is 17.6 Å². The van der Waals surface area contributed by atoms with E-state index in [1.165, 1.54) is 0 Å². The van der Waals surface area contributed by atoms with E-state index in [1.807, 2.05) is 13.0 Å². The molecular weight excluding hydrogens is 416 g/mol. The molecule has 0 spiro atoms. The first-order valence-electron chi connectivity index (χ1n) is 10.7. The highest BCUT2D eigenvalue weighted by Gasteiger charge is 2.16. The highest BCUT2D eigenvalue weighted by molar-refractivity contribution is 5.88. The van der Waals surface area contributed by atoms with Gasteiger partial charge in [0, 0.05) is 16.5 Å². The molecule has 9 nitrogen and oxygen atoms in total. The van der Waals surface area contributed by atoms with Crippen LogP contribution in [-0.4, -0.2) is 42.6 Å². The number of hydrogen-bond donors (Lipinski definition) is 3. The number of carboxylic acids is 1. The van der Waals surface area contributed by atoms with Crippen molar-refractivity contribution in [2.45, 2.75) is 52.9 Å². The average molecular weight is 447 g/mol. The number of amides is 2. The Morgan fingerprint density at radius 3 is 2.41 bits per heavy atom. The molecule has 1 aromatic carbocycles. The molecule has 3 N–H and O–H groups in total. The SMILES string of the molecule is CCCCCCc1c(C)c2ccc(OCC(=O)NCC(=O)NCC(=O)O)c(C)c2oc1=O. The average Bonchev–Trinajstić information content (AvgIpc) is 2.75. The van der Waals surface area contributed by atoms with Crippen molar-refractivity contribution in [1.82, 2.24) is 10.6 Å². The van der Waals surface area contributed by atoms with Gasteiger partial charge in [-0.3, -0.25) is 14.4 Å². The minimum Gasteiger partial charge on any atom is -0.483 e. The van der Waals surface area contributed by atoms with Gasteiger partial charge >= 0.3 is 11.6 Å². The summed E-state index contributed by atoms with van der Waals surface area (Å²) in [5.41, 5.74) is 2.27. The zero-order chi connectivity index (χ0) is 23.7. The van der Waals surface area contributed by atoms with Crippen LogP contribution in [0.15, 0.2) is 21.3 Å². The zero-order valence-electron chi connectivity index (χ0n) is 18.7. The van der Waals surface area contributed by atoms with Crippen LogP contribution in [-0.2, 0) is 20.8 Å². The van der Waals surface area contributed by atoms with Crippen molar-refractivity contribution in [2.75, 3.05) is 19.7 Å². The maximum Gasteiger partial charge on any atom is 0.339 e. The van der Waals surface area contributed by atoms with Gasteiger partial charge in [-0.15, -0.1) is 0 Å². The van der Waals surface area contributed by atoms with Crippen LogP contribution in [0, 0.1) is 13.8 Å². The van der Waals surface area contributed by atoms with Gasteiger partial charge in [0.25, 0.3) is 5.91 Å². The lowest BCUT2D eigenvalue weighted by atomic mass is 9.99. The molecule has 32 heavy (non-hydrogen) atoms. The van der Waals surface area contributed by atoms with Crippen molar-refractivity contribution < 1.29 is 28.6 Å². The molecule has 0 aliphatic rings. The second-order valence-electron chi connectivity index (χ2n) is 7.60.